The Kier molecular flexibility index (Phi) is 6.11. The van der Waals surface area contributed by atoms with E-state index < -0.39 is 10.0 Å². The molecule has 0 saturated carbocycles. The zero-order valence-corrected chi connectivity index (χ0v) is 14.6. The number of anilines is 1. The number of hydrogen-bond donors (Lipinski definition) is 2. The molecule has 2 aromatic carbocycles. The Morgan fingerprint density at radius 2 is 1.67 bits per heavy atom. The van der Waals surface area contributed by atoms with Crippen molar-refractivity contribution in [2.45, 2.75) is 31.1 Å². The zero-order valence-electron chi connectivity index (χ0n) is 13.8. The second-order valence-electron chi connectivity index (χ2n) is 5.59. The molecular formula is C18H22N2O3S. The van der Waals surface area contributed by atoms with Crippen LogP contribution in [0.1, 0.15) is 31.7 Å². The monoisotopic (exact) mass is 346 g/mol. The van der Waals surface area contributed by atoms with Gasteiger partial charge in [-0.1, -0.05) is 44.2 Å². The molecule has 0 aliphatic carbocycles. The number of sulfonamides is 1. The van der Waals surface area contributed by atoms with Crippen LogP contribution in [0, 0.1) is 0 Å². The van der Waals surface area contributed by atoms with Gasteiger partial charge in [0, 0.05) is 18.7 Å². The summed E-state index contributed by atoms with van der Waals surface area (Å²) in [5, 5.41) is 2.80. The summed E-state index contributed by atoms with van der Waals surface area (Å²) in [5.74, 6) is 0.00764. The first-order valence-corrected chi connectivity index (χ1v) is 9.35. The van der Waals surface area contributed by atoms with Gasteiger partial charge in [-0.3, -0.25) is 4.79 Å². The fourth-order valence-electron chi connectivity index (χ4n) is 2.38. The molecule has 2 rings (SSSR count). The maximum Gasteiger partial charge on any atom is 0.240 e. The maximum atomic E-state index is 12.1. The maximum absolute atomic E-state index is 12.1. The van der Waals surface area contributed by atoms with Crippen molar-refractivity contribution in [1.82, 2.24) is 4.72 Å². The van der Waals surface area contributed by atoms with Crippen LogP contribution in [-0.2, 0) is 14.8 Å². The Hall–Kier alpha value is -2.18. The van der Waals surface area contributed by atoms with E-state index in [1.807, 2.05) is 37.3 Å². The van der Waals surface area contributed by atoms with Crippen LogP contribution >= 0.6 is 0 Å². The van der Waals surface area contributed by atoms with Gasteiger partial charge in [0.05, 0.1) is 4.90 Å². The van der Waals surface area contributed by atoms with E-state index in [1.54, 1.807) is 19.1 Å². The van der Waals surface area contributed by atoms with Crippen LogP contribution < -0.4 is 10.0 Å². The molecule has 1 atom stereocenters. The Bertz CT molecular complexity index is 772. The minimum atomic E-state index is -3.47. The van der Waals surface area contributed by atoms with Crippen LogP contribution in [0.25, 0.3) is 0 Å². The zero-order chi connectivity index (χ0) is 17.6. The molecule has 0 aromatic heterocycles. The largest absolute Gasteiger partial charge is 0.326 e. The molecule has 128 valence electrons. The standard InChI is InChI=1S/C18H22N2O3S/c1-3-19-24(22,23)17-11-9-16(10-12-17)20-18(21)13-14(2)15-7-5-4-6-8-15/h4-12,14,19H,3,13H2,1-2H3,(H,20,21)/t14-/m0/s1. The third-order valence-electron chi connectivity index (χ3n) is 3.64. The van der Waals surface area contributed by atoms with Crippen LogP contribution in [0.3, 0.4) is 0 Å². The highest BCUT2D eigenvalue weighted by molar-refractivity contribution is 7.89. The lowest BCUT2D eigenvalue weighted by molar-refractivity contribution is -0.116. The fourth-order valence-corrected chi connectivity index (χ4v) is 3.42. The molecule has 0 radical (unpaired) electrons. The molecule has 0 fully saturated rings. The van der Waals surface area contributed by atoms with Crippen molar-refractivity contribution in [2.75, 3.05) is 11.9 Å². The molecule has 5 nitrogen and oxygen atoms in total. The number of carbonyl (C=O) groups excluding carboxylic acids is 1. The highest BCUT2D eigenvalue weighted by atomic mass is 32.2. The van der Waals surface area contributed by atoms with Gasteiger partial charge >= 0.3 is 0 Å². The SMILES string of the molecule is CCNS(=O)(=O)c1ccc(NC(=O)C[C@H](C)c2ccccc2)cc1. The van der Waals surface area contributed by atoms with Crippen molar-refractivity contribution in [1.29, 1.82) is 0 Å². The van der Waals surface area contributed by atoms with Gasteiger partial charge in [0.25, 0.3) is 0 Å². The molecule has 1 amide bonds. The molecule has 24 heavy (non-hydrogen) atoms. The van der Waals surface area contributed by atoms with Gasteiger partial charge in [-0.15, -0.1) is 0 Å². The normalized spacial score (nSPS) is 12.6. The summed E-state index contributed by atoms with van der Waals surface area (Å²) in [4.78, 5) is 12.3. The van der Waals surface area contributed by atoms with Gasteiger partial charge in [0.2, 0.25) is 15.9 Å². The summed E-state index contributed by atoms with van der Waals surface area (Å²) < 4.78 is 26.2. The van der Waals surface area contributed by atoms with Crippen LogP contribution in [0.4, 0.5) is 5.69 Å². The van der Waals surface area contributed by atoms with E-state index in [9.17, 15) is 13.2 Å². The minimum Gasteiger partial charge on any atom is -0.326 e. The van der Waals surface area contributed by atoms with E-state index in [1.165, 1.54) is 12.1 Å². The fraction of sp³-hybridized carbons (Fsp3) is 0.278. The lowest BCUT2D eigenvalue weighted by Gasteiger charge is -2.12. The van der Waals surface area contributed by atoms with Gasteiger partial charge in [-0.05, 0) is 35.7 Å². The first-order chi connectivity index (χ1) is 11.4. The number of amides is 1. The van der Waals surface area contributed by atoms with Gasteiger partial charge < -0.3 is 5.32 Å². The second-order valence-corrected chi connectivity index (χ2v) is 7.36. The summed E-state index contributed by atoms with van der Waals surface area (Å²) in [6.45, 7) is 4.05. The van der Waals surface area contributed by atoms with Crippen molar-refractivity contribution in [2.24, 2.45) is 0 Å². The molecule has 0 unspecified atom stereocenters. The van der Waals surface area contributed by atoms with Gasteiger partial charge in [-0.2, -0.15) is 0 Å². The Morgan fingerprint density at radius 3 is 2.25 bits per heavy atom. The third-order valence-corrected chi connectivity index (χ3v) is 5.20. The van der Waals surface area contributed by atoms with E-state index in [4.69, 9.17) is 0 Å². The number of rotatable bonds is 7. The molecule has 6 heteroatoms. The predicted octanol–water partition coefficient (Wildman–Crippen LogP) is 3.12. The summed E-state index contributed by atoms with van der Waals surface area (Å²) in [6.07, 6.45) is 0.363. The minimum absolute atomic E-state index is 0.103. The average molecular weight is 346 g/mol. The van der Waals surface area contributed by atoms with E-state index in [2.05, 4.69) is 10.0 Å². The smallest absolute Gasteiger partial charge is 0.240 e. The predicted molar refractivity (Wildman–Crippen MR) is 95.4 cm³/mol. The Balaban J connectivity index is 1.97. The number of carbonyl (C=O) groups is 1. The van der Waals surface area contributed by atoms with Crippen LogP contribution in [0.2, 0.25) is 0 Å². The van der Waals surface area contributed by atoms with Gasteiger partial charge in [0.15, 0.2) is 0 Å². The topological polar surface area (TPSA) is 75.3 Å². The van der Waals surface area contributed by atoms with E-state index in [0.717, 1.165) is 5.56 Å². The summed E-state index contributed by atoms with van der Waals surface area (Å²) in [5.41, 5.74) is 1.69. The van der Waals surface area contributed by atoms with Crippen molar-refractivity contribution in [3.8, 4) is 0 Å². The summed E-state index contributed by atoms with van der Waals surface area (Å²) in [7, 11) is -3.47. The molecule has 0 bridgehead atoms. The van der Waals surface area contributed by atoms with Crippen LogP contribution in [0.5, 0.6) is 0 Å². The molecule has 0 heterocycles. The van der Waals surface area contributed by atoms with Gasteiger partial charge in [0.1, 0.15) is 0 Å². The molecule has 2 N–H and O–H groups in total. The number of hydrogen-bond acceptors (Lipinski definition) is 3. The lowest BCUT2D eigenvalue weighted by Crippen LogP contribution is -2.23. The lowest BCUT2D eigenvalue weighted by atomic mass is 9.97. The number of benzene rings is 2. The first kappa shape index (κ1) is 18.2. The molecule has 0 aliphatic heterocycles. The van der Waals surface area contributed by atoms with Gasteiger partial charge in [-0.25, -0.2) is 13.1 Å². The molecule has 2 aromatic rings. The second kappa shape index (κ2) is 8.08. The molecular weight excluding hydrogens is 324 g/mol. The quantitative estimate of drug-likeness (QED) is 0.809. The third kappa shape index (κ3) is 4.91. The van der Waals surface area contributed by atoms with Crippen LogP contribution in [-0.4, -0.2) is 20.9 Å². The molecule has 0 spiro atoms. The molecule has 0 aliphatic rings. The van der Waals surface area contributed by atoms with E-state index in [-0.39, 0.29) is 16.7 Å². The van der Waals surface area contributed by atoms with Crippen molar-refractivity contribution in [3.63, 3.8) is 0 Å². The highest BCUT2D eigenvalue weighted by Gasteiger charge is 2.14. The van der Waals surface area contributed by atoms with Crippen molar-refractivity contribution < 1.29 is 13.2 Å². The van der Waals surface area contributed by atoms with Crippen molar-refractivity contribution >= 4 is 21.6 Å². The van der Waals surface area contributed by atoms with Crippen molar-refractivity contribution in [3.05, 3.63) is 60.2 Å². The highest BCUT2D eigenvalue weighted by Crippen LogP contribution is 2.20. The summed E-state index contributed by atoms with van der Waals surface area (Å²) in [6, 6.07) is 16.0. The first-order valence-electron chi connectivity index (χ1n) is 7.87. The van der Waals surface area contributed by atoms with Crippen LogP contribution in [0.15, 0.2) is 59.5 Å². The summed E-state index contributed by atoms with van der Waals surface area (Å²) >= 11 is 0. The number of nitrogens with one attached hydrogen (secondary N) is 2. The van der Waals surface area contributed by atoms with E-state index in [0.29, 0.717) is 18.7 Å². The Morgan fingerprint density at radius 1 is 1.04 bits per heavy atom. The average Bonchev–Trinajstić information content (AvgIpc) is 2.56. The van der Waals surface area contributed by atoms with E-state index >= 15 is 0 Å². The Labute approximate surface area is 143 Å². The molecule has 0 saturated heterocycles.